The van der Waals surface area contributed by atoms with Gasteiger partial charge in [-0.2, -0.15) is 0 Å². The third kappa shape index (κ3) is 5.24. The van der Waals surface area contributed by atoms with Crippen LogP contribution in [0.2, 0.25) is 0 Å². The van der Waals surface area contributed by atoms with Crippen LogP contribution in [0.1, 0.15) is 5.56 Å². The minimum Gasteiger partial charge on any atom is -0.493 e. The van der Waals surface area contributed by atoms with Crippen LogP contribution in [0.4, 0.5) is 11.4 Å². The first kappa shape index (κ1) is 19.8. The van der Waals surface area contributed by atoms with Crippen LogP contribution >= 0.6 is 0 Å². The van der Waals surface area contributed by atoms with Gasteiger partial charge >= 0.3 is 0 Å². The van der Waals surface area contributed by atoms with Crippen LogP contribution in [0.25, 0.3) is 0 Å². The summed E-state index contributed by atoms with van der Waals surface area (Å²) in [6.45, 7) is 0.234. The van der Waals surface area contributed by atoms with E-state index in [0.29, 0.717) is 22.9 Å². The maximum absolute atomic E-state index is 12.0. The number of hydrogen-bond acceptors (Lipinski definition) is 7. The molecule has 0 bridgehead atoms. The van der Waals surface area contributed by atoms with Crippen LogP contribution < -0.4 is 24.8 Å². The number of nitrogens with one attached hydrogen (secondary N) is 2. The van der Waals surface area contributed by atoms with Crippen LogP contribution in [-0.2, 0) is 11.3 Å². The molecular weight excluding hydrogens is 354 g/mol. The molecule has 144 valence electrons. The highest BCUT2D eigenvalue weighted by Crippen LogP contribution is 2.38. The van der Waals surface area contributed by atoms with Crippen LogP contribution in [0, 0.1) is 10.1 Å². The molecule has 0 radical (unpaired) electrons. The molecule has 0 aliphatic heterocycles. The Morgan fingerprint density at radius 2 is 1.74 bits per heavy atom. The molecule has 0 heterocycles. The Labute approximate surface area is 156 Å². The molecule has 0 saturated carbocycles. The molecule has 0 spiro atoms. The van der Waals surface area contributed by atoms with Crippen molar-refractivity contribution in [3.63, 3.8) is 0 Å². The summed E-state index contributed by atoms with van der Waals surface area (Å²) < 4.78 is 15.8. The molecule has 0 aliphatic rings. The maximum Gasteiger partial charge on any atom is 0.271 e. The summed E-state index contributed by atoms with van der Waals surface area (Å²) in [5.74, 6) is 1.20. The van der Waals surface area contributed by atoms with Crippen LogP contribution in [-0.4, -0.2) is 38.7 Å². The van der Waals surface area contributed by atoms with E-state index in [4.69, 9.17) is 14.2 Å². The fourth-order valence-corrected chi connectivity index (χ4v) is 2.41. The molecule has 9 nitrogen and oxygen atoms in total. The largest absolute Gasteiger partial charge is 0.493 e. The number of methoxy groups -OCH3 is 3. The van der Waals surface area contributed by atoms with Crippen molar-refractivity contribution in [2.24, 2.45) is 0 Å². The number of non-ortho nitro benzene ring substituents is 1. The average molecular weight is 375 g/mol. The Hall–Kier alpha value is -3.49. The van der Waals surface area contributed by atoms with Gasteiger partial charge in [-0.3, -0.25) is 14.9 Å². The SMILES string of the molecule is COc1cc(CNC(=O)CNc2cccc([N+](=O)[O-])c2)cc(OC)c1OC. The zero-order valence-corrected chi connectivity index (χ0v) is 15.3. The number of hydrogen-bond donors (Lipinski definition) is 2. The van der Waals surface area contributed by atoms with E-state index in [0.717, 1.165) is 5.56 Å². The van der Waals surface area contributed by atoms with Crippen molar-refractivity contribution in [2.45, 2.75) is 6.54 Å². The molecule has 1 amide bonds. The standard InChI is InChI=1S/C18H21N3O6/c1-25-15-7-12(8-16(26-2)18(15)27-3)10-20-17(22)11-19-13-5-4-6-14(9-13)21(23)24/h4-9,19H,10-11H2,1-3H3,(H,20,22). The fourth-order valence-electron chi connectivity index (χ4n) is 2.41. The number of nitro groups is 1. The Morgan fingerprint density at radius 3 is 2.30 bits per heavy atom. The highest BCUT2D eigenvalue weighted by atomic mass is 16.6. The molecular formula is C18H21N3O6. The lowest BCUT2D eigenvalue weighted by molar-refractivity contribution is -0.384. The number of anilines is 1. The molecule has 0 unspecified atom stereocenters. The fraction of sp³-hybridized carbons (Fsp3) is 0.278. The predicted octanol–water partition coefficient (Wildman–Crippen LogP) is 2.35. The van der Waals surface area contributed by atoms with E-state index >= 15 is 0 Å². The van der Waals surface area contributed by atoms with Gasteiger partial charge in [0.05, 0.1) is 32.8 Å². The lowest BCUT2D eigenvalue weighted by atomic mass is 10.1. The lowest BCUT2D eigenvalue weighted by Gasteiger charge is -2.14. The molecule has 0 atom stereocenters. The van der Waals surface area contributed by atoms with Gasteiger partial charge in [-0.25, -0.2) is 0 Å². The zero-order valence-electron chi connectivity index (χ0n) is 15.3. The van der Waals surface area contributed by atoms with Crippen molar-refractivity contribution in [1.82, 2.24) is 5.32 Å². The van der Waals surface area contributed by atoms with Gasteiger partial charge in [0.2, 0.25) is 11.7 Å². The van der Waals surface area contributed by atoms with E-state index in [9.17, 15) is 14.9 Å². The molecule has 0 fully saturated rings. The summed E-state index contributed by atoms with van der Waals surface area (Å²) in [6, 6.07) is 9.45. The zero-order chi connectivity index (χ0) is 19.8. The summed E-state index contributed by atoms with van der Waals surface area (Å²) >= 11 is 0. The second kappa shape index (κ2) is 9.27. The van der Waals surface area contributed by atoms with Gasteiger partial charge in [0, 0.05) is 24.4 Å². The Kier molecular flexibility index (Phi) is 6.81. The summed E-state index contributed by atoms with van der Waals surface area (Å²) in [5, 5.41) is 16.4. The number of ether oxygens (including phenoxy) is 3. The minimum atomic E-state index is -0.490. The molecule has 0 saturated heterocycles. The van der Waals surface area contributed by atoms with Crippen molar-refractivity contribution in [2.75, 3.05) is 33.2 Å². The van der Waals surface area contributed by atoms with E-state index in [2.05, 4.69) is 10.6 Å². The highest BCUT2D eigenvalue weighted by molar-refractivity contribution is 5.80. The van der Waals surface area contributed by atoms with Crippen molar-refractivity contribution in [1.29, 1.82) is 0 Å². The highest BCUT2D eigenvalue weighted by Gasteiger charge is 2.13. The van der Waals surface area contributed by atoms with Gasteiger partial charge in [0.15, 0.2) is 11.5 Å². The van der Waals surface area contributed by atoms with Crippen molar-refractivity contribution in [3.05, 3.63) is 52.1 Å². The number of carbonyl (C=O) groups excluding carboxylic acids is 1. The second-order valence-corrected chi connectivity index (χ2v) is 5.47. The quantitative estimate of drug-likeness (QED) is 0.511. The number of nitro benzene ring substituents is 1. The number of carbonyl (C=O) groups is 1. The Morgan fingerprint density at radius 1 is 1.07 bits per heavy atom. The number of amides is 1. The van der Waals surface area contributed by atoms with E-state index in [1.54, 1.807) is 24.3 Å². The van der Waals surface area contributed by atoms with Gasteiger partial charge in [-0.1, -0.05) is 6.07 Å². The number of benzene rings is 2. The third-order valence-electron chi connectivity index (χ3n) is 3.72. The second-order valence-electron chi connectivity index (χ2n) is 5.47. The van der Waals surface area contributed by atoms with Gasteiger partial charge < -0.3 is 24.8 Å². The summed E-state index contributed by atoms with van der Waals surface area (Å²) in [5.41, 5.74) is 1.22. The maximum atomic E-state index is 12.0. The Bertz CT molecular complexity index is 799. The summed E-state index contributed by atoms with van der Waals surface area (Å²) in [4.78, 5) is 22.3. The normalized spacial score (nSPS) is 10.0. The molecule has 0 aliphatic carbocycles. The Balaban J connectivity index is 1.95. The predicted molar refractivity (Wildman–Crippen MR) is 99.5 cm³/mol. The van der Waals surface area contributed by atoms with E-state index in [-0.39, 0.29) is 24.7 Å². The van der Waals surface area contributed by atoms with Crippen molar-refractivity contribution < 1.29 is 23.9 Å². The first-order chi connectivity index (χ1) is 13.0. The van der Waals surface area contributed by atoms with Gasteiger partial charge in [-0.15, -0.1) is 0 Å². The molecule has 27 heavy (non-hydrogen) atoms. The van der Waals surface area contributed by atoms with Gasteiger partial charge in [0.25, 0.3) is 5.69 Å². The molecule has 2 rings (SSSR count). The van der Waals surface area contributed by atoms with Crippen LogP contribution in [0.5, 0.6) is 17.2 Å². The average Bonchev–Trinajstić information content (AvgIpc) is 2.69. The summed E-state index contributed by atoms with van der Waals surface area (Å²) in [6.07, 6.45) is 0. The lowest BCUT2D eigenvalue weighted by Crippen LogP contribution is -2.29. The van der Waals surface area contributed by atoms with Crippen LogP contribution in [0.15, 0.2) is 36.4 Å². The third-order valence-corrected chi connectivity index (χ3v) is 3.72. The van der Waals surface area contributed by atoms with E-state index in [1.165, 1.54) is 33.5 Å². The smallest absolute Gasteiger partial charge is 0.271 e. The van der Waals surface area contributed by atoms with Crippen molar-refractivity contribution in [3.8, 4) is 17.2 Å². The topological polar surface area (TPSA) is 112 Å². The van der Waals surface area contributed by atoms with E-state index in [1.807, 2.05) is 0 Å². The first-order valence-electron chi connectivity index (χ1n) is 8.02. The van der Waals surface area contributed by atoms with Gasteiger partial charge in [0.1, 0.15) is 0 Å². The molecule has 2 N–H and O–H groups in total. The van der Waals surface area contributed by atoms with Crippen molar-refractivity contribution >= 4 is 17.3 Å². The molecule has 2 aromatic rings. The monoisotopic (exact) mass is 375 g/mol. The van der Waals surface area contributed by atoms with E-state index < -0.39 is 4.92 Å². The van der Waals surface area contributed by atoms with Gasteiger partial charge in [-0.05, 0) is 23.8 Å². The summed E-state index contributed by atoms with van der Waals surface area (Å²) in [7, 11) is 4.55. The molecule has 0 aromatic heterocycles. The first-order valence-corrected chi connectivity index (χ1v) is 8.02. The molecule has 9 heteroatoms. The number of rotatable bonds is 9. The minimum absolute atomic E-state index is 0.0222. The van der Waals surface area contributed by atoms with Crippen LogP contribution in [0.3, 0.4) is 0 Å². The molecule has 2 aromatic carbocycles. The number of nitrogens with zero attached hydrogens (tertiary/aromatic N) is 1.